The maximum atomic E-state index is 12.3. The van der Waals surface area contributed by atoms with Gasteiger partial charge in [-0.1, -0.05) is 38.2 Å². The van der Waals surface area contributed by atoms with Gasteiger partial charge in [-0.3, -0.25) is 9.59 Å². The van der Waals surface area contributed by atoms with Gasteiger partial charge in [0.25, 0.3) is 0 Å². The van der Waals surface area contributed by atoms with Gasteiger partial charge in [0.15, 0.2) is 0 Å². The smallest absolute Gasteiger partial charge is 0.224 e. The van der Waals surface area contributed by atoms with Crippen LogP contribution < -0.4 is 10.6 Å². The fourth-order valence-electron chi connectivity index (χ4n) is 2.95. The fourth-order valence-corrected chi connectivity index (χ4v) is 2.95. The molecule has 0 heterocycles. The molecule has 4 atom stereocenters. The summed E-state index contributed by atoms with van der Waals surface area (Å²) in [6.07, 6.45) is 14.7. The first-order chi connectivity index (χ1) is 10.6. The van der Waals surface area contributed by atoms with Crippen LogP contribution in [0, 0.1) is 11.8 Å². The molecule has 122 valence electrons. The van der Waals surface area contributed by atoms with E-state index in [1.807, 2.05) is 13.8 Å². The van der Waals surface area contributed by atoms with Crippen molar-refractivity contribution >= 4 is 11.8 Å². The third kappa shape index (κ3) is 4.72. The van der Waals surface area contributed by atoms with Crippen LogP contribution in [0.3, 0.4) is 0 Å². The lowest BCUT2D eigenvalue weighted by Gasteiger charge is -2.25. The summed E-state index contributed by atoms with van der Waals surface area (Å²) >= 11 is 0. The van der Waals surface area contributed by atoms with E-state index in [1.165, 1.54) is 0 Å². The summed E-state index contributed by atoms with van der Waals surface area (Å²) in [5.41, 5.74) is 0. The third-order valence-electron chi connectivity index (χ3n) is 4.74. The Morgan fingerprint density at radius 2 is 1.27 bits per heavy atom. The van der Waals surface area contributed by atoms with Crippen molar-refractivity contribution in [3.8, 4) is 0 Å². The molecule has 22 heavy (non-hydrogen) atoms. The molecule has 2 aliphatic rings. The van der Waals surface area contributed by atoms with E-state index in [4.69, 9.17) is 0 Å². The minimum atomic E-state index is -0.317. The quantitative estimate of drug-likeness (QED) is 0.767. The van der Waals surface area contributed by atoms with E-state index in [0.717, 1.165) is 38.5 Å². The van der Waals surface area contributed by atoms with Gasteiger partial charge in [0, 0.05) is 23.9 Å². The highest BCUT2D eigenvalue weighted by Crippen LogP contribution is 2.16. The number of hydrogen-bond acceptors (Lipinski definition) is 2. The molecule has 0 aromatic rings. The van der Waals surface area contributed by atoms with E-state index in [-0.39, 0.29) is 35.7 Å². The van der Waals surface area contributed by atoms with Gasteiger partial charge in [0.2, 0.25) is 11.8 Å². The first-order valence-corrected chi connectivity index (χ1v) is 8.52. The number of allylic oxidation sites excluding steroid dienone is 2. The topological polar surface area (TPSA) is 58.2 Å². The van der Waals surface area contributed by atoms with Crippen molar-refractivity contribution in [2.45, 2.75) is 64.5 Å². The van der Waals surface area contributed by atoms with Crippen LogP contribution in [-0.4, -0.2) is 23.9 Å². The summed E-state index contributed by atoms with van der Waals surface area (Å²) in [6, 6.07) is 0.250. The molecule has 0 bridgehead atoms. The monoisotopic (exact) mass is 304 g/mol. The van der Waals surface area contributed by atoms with E-state index in [9.17, 15) is 9.59 Å². The van der Waals surface area contributed by atoms with Crippen LogP contribution in [0.25, 0.3) is 0 Å². The van der Waals surface area contributed by atoms with Gasteiger partial charge < -0.3 is 10.6 Å². The molecule has 0 radical (unpaired) electrons. The summed E-state index contributed by atoms with van der Waals surface area (Å²) in [6.45, 7) is 3.67. The van der Waals surface area contributed by atoms with Crippen LogP contribution >= 0.6 is 0 Å². The van der Waals surface area contributed by atoms with E-state index in [2.05, 4.69) is 34.9 Å². The van der Waals surface area contributed by atoms with Crippen LogP contribution in [0.2, 0.25) is 0 Å². The lowest BCUT2D eigenvalue weighted by atomic mass is 9.92. The van der Waals surface area contributed by atoms with Crippen molar-refractivity contribution in [3.63, 3.8) is 0 Å². The second kappa shape index (κ2) is 8.16. The Kier molecular flexibility index (Phi) is 6.22. The van der Waals surface area contributed by atoms with Gasteiger partial charge in [-0.15, -0.1) is 0 Å². The van der Waals surface area contributed by atoms with E-state index in [1.54, 1.807) is 0 Å². The second-order valence-electron chi connectivity index (χ2n) is 6.53. The summed E-state index contributed by atoms with van der Waals surface area (Å²) < 4.78 is 0. The second-order valence-corrected chi connectivity index (χ2v) is 6.53. The lowest BCUT2D eigenvalue weighted by Crippen LogP contribution is -2.45. The molecule has 0 fully saturated rings. The van der Waals surface area contributed by atoms with E-state index >= 15 is 0 Å². The molecule has 0 aromatic carbocycles. The molecule has 2 amide bonds. The summed E-state index contributed by atoms with van der Waals surface area (Å²) in [5, 5.41) is 6.08. The van der Waals surface area contributed by atoms with Crippen molar-refractivity contribution in [2.24, 2.45) is 11.8 Å². The maximum Gasteiger partial charge on any atom is 0.224 e. The maximum absolute atomic E-state index is 12.3. The van der Waals surface area contributed by atoms with Crippen molar-refractivity contribution in [3.05, 3.63) is 24.3 Å². The highest BCUT2D eigenvalue weighted by Gasteiger charge is 2.28. The molecule has 0 saturated heterocycles. The van der Waals surface area contributed by atoms with Crippen molar-refractivity contribution in [2.75, 3.05) is 0 Å². The zero-order valence-corrected chi connectivity index (χ0v) is 13.7. The molecule has 4 heteroatoms. The minimum absolute atomic E-state index is 0.0293. The van der Waals surface area contributed by atoms with E-state index < -0.39 is 0 Å². The van der Waals surface area contributed by atoms with Gasteiger partial charge >= 0.3 is 0 Å². The number of hydrogen-bond donors (Lipinski definition) is 2. The number of nitrogens with one attached hydrogen (secondary N) is 2. The average Bonchev–Trinajstić information content (AvgIpc) is 2.55. The van der Waals surface area contributed by atoms with Gasteiger partial charge in [0.05, 0.1) is 0 Å². The van der Waals surface area contributed by atoms with E-state index in [0.29, 0.717) is 0 Å². The normalized spacial score (nSPS) is 27.0. The highest BCUT2D eigenvalue weighted by molar-refractivity contribution is 5.87. The largest absolute Gasteiger partial charge is 0.350 e. The first-order valence-electron chi connectivity index (χ1n) is 8.52. The predicted octanol–water partition coefficient (Wildman–Crippen LogP) is 2.71. The molecular weight excluding hydrogens is 276 g/mol. The van der Waals surface area contributed by atoms with Gasteiger partial charge in [0.1, 0.15) is 0 Å². The van der Waals surface area contributed by atoms with Crippen molar-refractivity contribution < 1.29 is 9.59 Å². The molecule has 2 rings (SSSR count). The van der Waals surface area contributed by atoms with Gasteiger partial charge in [-0.05, 0) is 38.5 Å². The van der Waals surface area contributed by atoms with Crippen molar-refractivity contribution in [1.82, 2.24) is 10.6 Å². The number of carbonyl (C=O) groups excluding carboxylic acids is 2. The average molecular weight is 304 g/mol. The summed E-state index contributed by atoms with van der Waals surface area (Å²) in [7, 11) is 0. The number of rotatable bonds is 5. The molecular formula is C18H28N2O2. The molecule has 0 saturated carbocycles. The Morgan fingerprint density at radius 1 is 0.864 bits per heavy atom. The Morgan fingerprint density at radius 3 is 1.59 bits per heavy atom. The van der Waals surface area contributed by atoms with Gasteiger partial charge in [-0.25, -0.2) is 0 Å². The van der Waals surface area contributed by atoms with Crippen LogP contribution in [-0.2, 0) is 9.59 Å². The standard InChI is InChI=1S/C18H28N2O2/c1-13(17(21)19-15-9-5-3-6-10-15)14(2)18(22)20-16-11-7-4-8-12-16/h5,7,9,11,13-16H,3-4,6,8,10,12H2,1-2H3,(H,19,21)(H,20,22)/t13-,14-,15-,16+/m0/s1. The van der Waals surface area contributed by atoms with Crippen LogP contribution in [0.15, 0.2) is 24.3 Å². The lowest BCUT2D eigenvalue weighted by molar-refractivity contribution is -0.134. The molecule has 0 unspecified atom stereocenters. The third-order valence-corrected chi connectivity index (χ3v) is 4.74. The summed E-state index contributed by atoms with van der Waals surface area (Å²) in [5.74, 6) is -0.692. The van der Waals surface area contributed by atoms with Gasteiger partial charge in [-0.2, -0.15) is 0 Å². The van der Waals surface area contributed by atoms with Crippen LogP contribution in [0.1, 0.15) is 52.4 Å². The van der Waals surface area contributed by atoms with Crippen LogP contribution in [0.4, 0.5) is 0 Å². The van der Waals surface area contributed by atoms with Crippen molar-refractivity contribution in [1.29, 1.82) is 0 Å². The molecule has 2 aliphatic carbocycles. The molecule has 2 N–H and O–H groups in total. The summed E-state index contributed by atoms with van der Waals surface area (Å²) in [4.78, 5) is 24.6. The zero-order chi connectivity index (χ0) is 15.9. The first kappa shape index (κ1) is 16.8. The minimum Gasteiger partial charge on any atom is -0.350 e. The zero-order valence-electron chi connectivity index (χ0n) is 13.7. The number of amides is 2. The molecule has 4 nitrogen and oxygen atoms in total. The Balaban J connectivity index is 1.82. The Labute approximate surface area is 133 Å². The Hall–Kier alpha value is -1.58. The SMILES string of the molecule is C[C@H](C(=O)N[C@@H]1C=CCCC1)[C@H](C)C(=O)N[C@H]1C=CCCC1. The predicted molar refractivity (Wildman–Crippen MR) is 88.2 cm³/mol. The highest BCUT2D eigenvalue weighted by atomic mass is 16.2. The molecule has 0 aliphatic heterocycles. The fraction of sp³-hybridized carbons (Fsp3) is 0.667. The Bertz CT molecular complexity index is 414. The molecule has 0 spiro atoms. The van der Waals surface area contributed by atoms with Crippen LogP contribution in [0.5, 0.6) is 0 Å². The number of carbonyl (C=O) groups is 2. The molecule has 0 aromatic heterocycles.